The Labute approximate surface area is 132 Å². The molecule has 0 unspecified atom stereocenters. The molecular weight excluding hydrogens is 270 g/mol. The van der Waals surface area contributed by atoms with Gasteiger partial charge in [0.05, 0.1) is 0 Å². The second-order valence-electron chi connectivity index (χ2n) is 5.52. The molecule has 2 rings (SSSR count). The van der Waals surface area contributed by atoms with Gasteiger partial charge >= 0.3 is 0 Å². The summed E-state index contributed by atoms with van der Waals surface area (Å²) in [6, 6.07) is 12.3. The van der Waals surface area contributed by atoms with Crippen LogP contribution in [0.15, 0.2) is 53.1 Å². The molecule has 1 aliphatic rings. The van der Waals surface area contributed by atoms with Gasteiger partial charge in [0.2, 0.25) is 0 Å². The zero-order valence-corrected chi connectivity index (χ0v) is 13.0. The molecule has 0 aromatic heterocycles. The van der Waals surface area contributed by atoms with E-state index in [1.54, 1.807) is 0 Å². The van der Waals surface area contributed by atoms with Crippen LogP contribution in [0.5, 0.6) is 0 Å². The highest BCUT2D eigenvalue weighted by atomic mass is 15.1. The zero-order chi connectivity index (χ0) is 15.9. The zero-order valence-electron chi connectivity index (χ0n) is 13.0. The molecule has 1 aromatic carbocycles. The molecule has 110 valence electrons. The van der Waals surface area contributed by atoms with Gasteiger partial charge in [0.1, 0.15) is 17.7 Å². The number of hydrogen-bond donors (Lipinski definition) is 0. The first-order valence-electron chi connectivity index (χ1n) is 7.33. The molecule has 0 bridgehead atoms. The second kappa shape index (κ2) is 7.29. The minimum atomic E-state index is 0.237. The maximum absolute atomic E-state index is 8.96. The van der Waals surface area contributed by atoms with E-state index < -0.39 is 0 Å². The Balaban J connectivity index is 2.18. The van der Waals surface area contributed by atoms with Crippen LogP contribution < -0.4 is 4.90 Å². The standard InChI is InChI=1S/C19H19N3/c1-22(2)19-10-8-15(9-11-19)6-7-16-4-3-5-17(12-16)18(13-20)14-21/h6-12H,3-5H2,1-2H3/b7-6+. The van der Waals surface area contributed by atoms with Crippen molar-refractivity contribution < 1.29 is 0 Å². The Morgan fingerprint density at radius 3 is 2.32 bits per heavy atom. The van der Waals surface area contributed by atoms with Crippen molar-refractivity contribution in [2.45, 2.75) is 19.3 Å². The van der Waals surface area contributed by atoms with Crippen LogP contribution in [0, 0.1) is 22.7 Å². The lowest BCUT2D eigenvalue weighted by Gasteiger charge is -2.13. The lowest BCUT2D eigenvalue weighted by atomic mass is 9.92. The van der Waals surface area contributed by atoms with Crippen molar-refractivity contribution in [3.63, 3.8) is 0 Å². The lowest BCUT2D eigenvalue weighted by Crippen LogP contribution is -2.07. The monoisotopic (exact) mass is 289 g/mol. The Morgan fingerprint density at radius 1 is 1.05 bits per heavy atom. The predicted molar refractivity (Wildman–Crippen MR) is 90.0 cm³/mol. The number of rotatable bonds is 3. The molecule has 3 heteroatoms. The minimum absolute atomic E-state index is 0.237. The third-order valence-electron chi connectivity index (χ3n) is 3.72. The van der Waals surface area contributed by atoms with Crippen LogP contribution in [0.4, 0.5) is 5.69 Å². The van der Waals surface area contributed by atoms with Crippen molar-refractivity contribution in [1.82, 2.24) is 0 Å². The highest BCUT2D eigenvalue weighted by Gasteiger charge is 2.10. The number of nitrogens with zero attached hydrogens (tertiary/aromatic N) is 3. The first kappa shape index (κ1) is 15.6. The van der Waals surface area contributed by atoms with Gasteiger partial charge < -0.3 is 4.90 Å². The average molecular weight is 289 g/mol. The van der Waals surface area contributed by atoms with Gasteiger partial charge in [-0.05, 0) is 48.1 Å². The van der Waals surface area contributed by atoms with Crippen molar-refractivity contribution in [1.29, 1.82) is 10.5 Å². The average Bonchev–Trinajstić information content (AvgIpc) is 2.55. The molecule has 0 N–H and O–H groups in total. The minimum Gasteiger partial charge on any atom is -0.378 e. The predicted octanol–water partition coefficient (Wildman–Crippen LogP) is 4.22. The summed E-state index contributed by atoms with van der Waals surface area (Å²) in [5.74, 6) is 0. The first-order chi connectivity index (χ1) is 10.6. The van der Waals surface area contributed by atoms with Crippen molar-refractivity contribution in [3.8, 4) is 12.1 Å². The lowest BCUT2D eigenvalue weighted by molar-refractivity contribution is 0.796. The normalized spacial score (nSPS) is 14.2. The van der Waals surface area contributed by atoms with Gasteiger partial charge in [-0.25, -0.2) is 0 Å². The molecular formula is C19H19N3. The van der Waals surface area contributed by atoms with E-state index >= 15 is 0 Å². The van der Waals surface area contributed by atoms with Gasteiger partial charge in [-0.3, -0.25) is 0 Å². The third kappa shape index (κ3) is 3.87. The maximum atomic E-state index is 8.96. The molecule has 1 aromatic rings. The smallest absolute Gasteiger partial charge is 0.132 e. The third-order valence-corrected chi connectivity index (χ3v) is 3.72. The van der Waals surface area contributed by atoms with E-state index in [0.717, 1.165) is 30.4 Å². The molecule has 0 radical (unpaired) electrons. The van der Waals surface area contributed by atoms with Crippen molar-refractivity contribution in [2.24, 2.45) is 0 Å². The van der Waals surface area contributed by atoms with E-state index in [1.165, 1.54) is 11.3 Å². The van der Waals surface area contributed by atoms with Gasteiger partial charge in [-0.2, -0.15) is 10.5 Å². The van der Waals surface area contributed by atoms with Gasteiger partial charge in [-0.1, -0.05) is 30.4 Å². The number of hydrogen-bond acceptors (Lipinski definition) is 3. The molecule has 0 saturated heterocycles. The van der Waals surface area contributed by atoms with Crippen LogP contribution >= 0.6 is 0 Å². The quantitative estimate of drug-likeness (QED) is 0.783. The highest BCUT2D eigenvalue weighted by molar-refractivity contribution is 5.58. The van der Waals surface area contributed by atoms with Crippen LogP contribution in [0.25, 0.3) is 6.08 Å². The molecule has 1 aliphatic carbocycles. The molecule has 0 amide bonds. The van der Waals surface area contributed by atoms with Crippen LogP contribution in [0.2, 0.25) is 0 Å². The van der Waals surface area contributed by atoms with Crippen LogP contribution in [0.3, 0.4) is 0 Å². The number of anilines is 1. The summed E-state index contributed by atoms with van der Waals surface area (Å²) < 4.78 is 0. The van der Waals surface area contributed by atoms with E-state index in [9.17, 15) is 0 Å². The number of nitriles is 2. The van der Waals surface area contributed by atoms with E-state index in [2.05, 4.69) is 41.3 Å². The topological polar surface area (TPSA) is 50.8 Å². The molecule has 0 saturated carbocycles. The number of allylic oxidation sites excluding steroid dienone is 5. The highest BCUT2D eigenvalue weighted by Crippen LogP contribution is 2.26. The van der Waals surface area contributed by atoms with Crippen LogP contribution in [-0.2, 0) is 0 Å². The SMILES string of the molecule is CN(C)c1ccc(/C=C/C2=CC(=C(C#N)C#N)CCC2)cc1. The van der Waals surface area contributed by atoms with Crippen molar-refractivity contribution >= 4 is 11.8 Å². The summed E-state index contributed by atoms with van der Waals surface area (Å²) in [6.07, 6.45) is 8.92. The number of benzene rings is 1. The molecule has 3 nitrogen and oxygen atoms in total. The molecule has 0 fully saturated rings. The molecule has 0 heterocycles. The maximum Gasteiger partial charge on any atom is 0.132 e. The molecule has 22 heavy (non-hydrogen) atoms. The summed E-state index contributed by atoms with van der Waals surface area (Å²) in [6.45, 7) is 0. The Hall–Kier alpha value is -2.78. The molecule has 0 spiro atoms. The fourth-order valence-corrected chi connectivity index (χ4v) is 2.44. The van der Waals surface area contributed by atoms with Crippen LogP contribution in [0.1, 0.15) is 24.8 Å². The van der Waals surface area contributed by atoms with Crippen molar-refractivity contribution in [2.75, 3.05) is 19.0 Å². The summed E-state index contributed by atoms with van der Waals surface area (Å²) in [4.78, 5) is 2.07. The summed E-state index contributed by atoms with van der Waals surface area (Å²) in [5.41, 5.74) is 4.58. The Kier molecular flexibility index (Phi) is 5.17. The van der Waals surface area contributed by atoms with E-state index in [4.69, 9.17) is 10.5 Å². The fraction of sp³-hybridized carbons (Fsp3) is 0.263. The molecule has 0 atom stereocenters. The molecule has 0 aliphatic heterocycles. The summed E-state index contributed by atoms with van der Waals surface area (Å²) in [7, 11) is 4.04. The second-order valence-corrected chi connectivity index (χ2v) is 5.52. The Morgan fingerprint density at radius 2 is 1.73 bits per heavy atom. The first-order valence-corrected chi connectivity index (χ1v) is 7.33. The summed E-state index contributed by atoms with van der Waals surface area (Å²) >= 11 is 0. The van der Waals surface area contributed by atoms with Crippen LogP contribution in [-0.4, -0.2) is 14.1 Å². The van der Waals surface area contributed by atoms with Gasteiger partial charge in [-0.15, -0.1) is 0 Å². The van der Waals surface area contributed by atoms with Gasteiger partial charge in [0, 0.05) is 19.8 Å². The van der Waals surface area contributed by atoms with E-state index in [-0.39, 0.29) is 5.57 Å². The fourth-order valence-electron chi connectivity index (χ4n) is 2.44. The largest absolute Gasteiger partial charge is 0.378 e. The van der Waals surface area contributed by atoms with Crippen molar-refractivity contribution in [3.05, 3.63) is 58.7 Å². The van der Waals surface area contributed by atoms with Gasteiger partial charge in [0.25, 0.3) is 0 Å². The van der Waals surface area contributed by atoms with E-state index in [0.29, 0.717) is 0 Å². The van der Waals surface area contributed by atoms with Gasteiger partial charge in [0.15, 0.2) is 0 Å². The Bertz CT molecular complexity index is 689. The van der Waals surface area contributed by atoms with E-state index in [1.807, 2.05) is 32.3 Å². The summed E-state index contributed by atoms with van der Waals surface area (Å²) in [5, 5.41) is 17.9.